The zero-order valence-electron chi connectivity index (χ0n) is 17.9. The summed E-state index contributed by atoms with van der Waals surface area (Å²) in [5, 5.41) is 0. The second-order valence-electron chi connectivity index (χ2n) is 10.0. The number of ether oxygens (including phenoxy) is 3. The minimum Gasteiger partial charge on any atom is -0.492 e. The summed E-state index contributed by atoms with van der Waals surface area (Å²) < 4.78 is 30.9. The maximum absolute atomic E-state index is 13.9. The molecule has 1 aromatic rings. The number of carbonyl (C=O) groups excluding carboxylic acids is 1. The summed E-state index contributed by atoms with van der Waals surface area (Å²) in [6.07, 6.45) is 6.81. The van der Waals surface area contributed by atoms with E-state index in [4.69, 9.17) is 14.2 Å². The minimum absolute atomic E-state index is 0.0409. The van der Waals surface area contributed by atoms with Gasteiger partial charge in [-0.1, -0.05) is 0 Å². The van der Waals surface area contributed by atoms with Gasteiger partial charge in [-0.05, 0) is 69.8 Å². The van der Waals surface area contributed by atoms with E-state index >= 15 is 0 Å². The van der Waals surface area contributed by atoms with Gasteiger partial charge in [0.05, 0.1) is 19.8 Å². The van der Waals surface area contributed by atoms with Crippen LogP contribution in [0.1, 0.15) is 50.5 Å². The summed E-state index contributed by atoms with van der Waals surface area (Å²) in [4.78, 5) is 17.4. The Labute approximate surface area is 182 Å². The third-order valence-electron chi connectivity index (χ3n) is 8.36. The number of rotatable bonds is 2. The molecule has 2 bridgehead atoms. The van der Waals surface area contributed by atoms with Crippen molar-refractivity contribution in [2.45, 2.75) is 74.6 Å². The van der Waals surface area contributed by atoms with E-state index in [1.165, 1.54) is 6.07 Å². The van der Waals surface area contributed by atoms with Crippen LogP contribution in [0.3, 0.4) is 0 Å². The van der Waals surface area contributed by atoms with Crippen molar-refractivity contribution in [3.8, 4) is 5.75 Å². The molecule has 6 nitrogen and oxygen atoms in total. The molecule has 5 aliphatic rings. The van der Waals surface area contributed by atoms with Crippen LogP contribution in [0.25, 0.3) is 0 Å². The maximum atomic E-state index is 13.9. The molecule has 4 saturated heterocycles. The van der Waals surface area contributed by atoms with Crippen molar-refractivity contribution >= 4 is 6.09 Å². The van der Waals surface area contributed by atoms with Gasteiger partial charge in [0.1, 0.15) is 17.7 Å². The Morgan fingerprint density at radius 2 is 1.87 bits per heavy atom. The topological polar surface area (TPSA) is 51.2 Å². The Hall–Kier alpha value is -1.86. The summed E-state index contributed by atoms with van der Waals surface area (Å²) >= 11 is 0. The highest BCUT2D eigenvalue weighted by Crippen LogP contribution is 2.47. The summed E-state index contributed by atoms with van der Waals surface area (Å²) in [5.74, 6) is 0.679. The van der Waals surface area contributed by atoms with E-state index < -0.39 is 0 Å². The molecule has 0 saturated carbocycles. The molecule has 31 heavy (non-hydrogen) atoms. The first-order valence-electron chi connectivity index (χ1n) is 11.8. The Bertz CT molecular complexity index is 836. The number of nitrogens with zero attached hydrogens (tertiary/aromatic N) is 2. The lowest BCUT2D eigenvalue weighted by Crippen LogP contribution is -2.55. The number of carbonyl (C=O) groups is 1. The zero-order valence-corrected chi connectivity index (χ0v) is 17.9. The van der Waals surface area contributed by atoms with Gasteiger partial charge in [0.15, 0.2) is 0 Å². The van der Waals surface area contributed by atoms with Crippen LogP contribution in [0.15, 0.2) is 18.2 Å². The van der Waals surface area contributed by atoms with Gasteiger partial charge in [0.25, 0.3) is 0 Å². The van der Waals surface area contributed by atoms with Crippen LogP contribution in [0, 0.1) is 5.82 Å². The van der Waals surface area contributed by atoms with Crippen molar-refractivity contribution in [1.82, 2.24) is 9.80 Å². The molecule has 6 rings (SSSR count). The van der Waals surface area contributed by atoms with Crippen LogP contribution in [0.2, 0.25) is 0 Å². The smallest absolute Gasteiger partial charge is 0.410 e. The van der Waals surface area contributed by atoms with Crippen LogP contribution in [0.5, 0.6) is 5.75 Å². The molecule has 0 N–H and O–H groups in total. The highest BCUT2D eigenvalue weighted by molar-refractivity contribution is 5.69. The van der Waals surface area contributed by atoms with E-state index in [0.717, 1.165) is 69.3 Å². The number of hydrogen-bond donors (Lipinski definition) is 0. The monoisotopic (exact) mass is 430 g/mol. The standard InChI is InChI=1S/C24H31FN2O4/c25-16-1-4-22-21(11-16)24(15-30-22)6-8-26(9-7-24)19-12-17-2-3-18(13-19)27(17)23(28)31-20-5-10-29-14-20/h1,4,11,17-20H,2-3,5-10,12-15H2/t17?,18?,19?,20-/m1/s1. The minimum atomic E-state index is -0.175. The molecule has 5 aliphatic heterocycles. The number of fused-ring (bicyclic) bond motifs is 4. The third-order valence-corrected chi connectivity index (χ3v) is 8.36. The first kappa shape index (κ1) is 19.8. The number of hydrogen-bond acceptors (Lipinski definition) is 5. The van der Waals surface area contributed by atoms with E-state index in [-0.39, 0.29) is 23.4 Å². The Morgan fingerprint density at radius 1 is 1.10 bits per heavy atom. The van der Waals surface area contributed by atoms with Crippen LogP contribution in [-0.2, 0) is 14.9 Å². The predicted octanol–water partition coefficient (Wildman–Crippen LogP) is 3.47. The third kappa shape index (κ3) is 3.41. The van der Waals surface area contributed by atoms with Crippen LogP contribution in [0.4, 0.5) is 9.18 Å². The lowest BCUT2D eigenvalue weighted by molar-refractivity contribution is 0.00806. The average Bonchev–Trinajstić information content (AvgIpc) is 3.47. The highest BCUT2D eigenvalue weighted by atomic mass is 19.1. The molecule has 0 aliphatic carbocycles. The van der Waals surface area contributed by atoms with Gasteiger partial charge in [-0.25, -0.2) is 9.18 Å². The number of halogens is 1. The van der Waals surface area contributed by atoms with Crippen molar-refractivity contribution in [3.63, 3.8) is 0 Å². The quantitative estimate of drug-likeness (QED) is 0.719. The molecule has 0 radical (unpaired) electrons. The SMILES string of the molecule is O=C(O[C@@H]1CCOC1)N1C2CCC1CC(N1CCC3(CC1)COc1ccc(F)cc13)C2. The van der Waals surface area contributed by atoms with Crippen molar-refractivity contribution in [2.75, 3.05) is 32.9 Å². The molecule has 2 unspecified atom stereocenters. The Balaban J connectivity index is 1.09. The van der Waals surface area contributed by atoms with Crippen LogP contribution in [-0.4, -0.2) is 73.0 Å². The van der Waals surface area contributed by atoms with Gasteiger partial charge in [-0.15, -0.1) is 0 Å². The number of benzene rings is 1. The molecule has 0 aromatic heterocycles. The van der Waals surface area contributed by atoms with Gasteiger partial charge in [-0.3, -0.25) is 0 Å². The molecule has 7 heteroatoms. The van der Waals surface area contributed by atoms with Crippen molar-refractivity contribution < 1.29 is 23.4 Å². The summed E-state index contributed by atoms with van der Waals surface area (Å²) in [7, 11) is 0. The Kier molecular flexibility index (Phi) is 4.87. The second-order valence-corrected chi connectivity index (χ2v) is 10.0. The van der Waals surface area contributed by atoms with E-state index in [1.54, 1.807) is 12.1 Å². The average molecular weight is 431 g/mol. The fraction of sp³-hybridized carbons (Fsp3) is 0.708. The van der Waals surface area contributed by atoms with E-state index in [2.05, 4.69) is 4.90 Å². The van der Waals surface area contributed by atoms with Crippen molar-refractivity contribution in [1.29, 1.82) is 0 Å². The first-order valence-corrected chi connectivity index (χ1v) is 11.8. The van der Waals surface area contributed by atoms with Gasteiger partial charge >= 0.3 is 6.09 Å². The van der Waals surface area contributed by atoms with Crippen molar-refractivity contribution in [3.05, 3.63) is 29.6 Å². The molecule has 168 valence electrons. The lowest BCUT2D eigenvalue weighted by atomic mass is 9.74. The summed E-state index contributed by atoms with van der Waals surface area (Å²) in [5.41, 5.74) is 1.02. The van der Waals surface area contributed by atoms with E-state index in [1.807, 2.05) is 4.90 Å². The molecule has 1 aromatic carbocycles. The van der Waals surface area contributed by atoms with Gasteiger partial charge in [-0.2, -0.15) is 0 Å². The number of likely N-dealkylation sites (tertiary alicyclic amines) is 1. The largest absolute Gasteiger partial charge is 0.492 e. The molecular formula is C24H31FN2O4. The maximum Gasteiger partial charge on any atom is 0.410 e. The highest BCUT2D eigenvalue weighted by Gasteiger charge is 2.49. The van der Waals surface area contributed by atoms with Gasteiger partial charge < -0.3 is 24.0 Å². The van der Waals surface area contributed by atoms with Crippen LogP contribution < -0.4 is 4.74 Å². The molecule has 1 spiro atoms. The van der Waals surface area contributed by atoms with E-state index in [0.29, 0.717) is 37.9 Å². The lowest BCUT2D eigenvalue weighted by Gasteiger charge is -2.47. The summed E-state index contributed by atoms with van der Waals surface area (Å²) in [6, 6.07) is 6.04. The van der Waals surface area contributed by atoms with Crippen molar-refractivity contribution in [2.24, 2.45) is 0 Å². The van der Waals surface area contributed by atoms with E-state index in [9.17, 15) is 9.18 Å². The molecule has 3 atom stereocenters. The van der Waals surface area contributed by atoms with Gasteiger partial charge in [0.2, 0.25) is 0 Å². The number of amides is 1. The predicted molar refractivity (Wildman–Crippen MR) is 112 cm³/mol. The molecule has 4 fully saturated rings. The summed E-state index contributed by atoms with van der Waals surface area (Å²) in [6.45, 7) is 3.90. The molecular weight excluding hydrogens is 399 g/mol. The first-order chi connectivity index (χ1) is 15.1. The fourth-order valence-corrected chi connectivity index (χ4v) is 6.62. The zero-order chi connectivity index (χ0) is 21.0. The second kappa shape index (κ2) is 7.62. The normalized spacial score (nSPS) is 34.0. The molecule has 1 amide bonds. The number of piperidine rings is 2. The fourth-order valence-electron chi connectivity index (χ4n) is 6.62. The molecule has 5 heterocycles. The Morgan fingerprint density at radius 3 is 2.58 bits per heavy atom. The van der Waals surface area contributed by atoms with Crippen LogP contribution >= 0.6 is 0 Å². The van der Waals surface area contributed by atoms with Gasteiger partial charge in [0, 0.05) is 35.5 Å².